The number of likely N-dealkylation sites (tertiary alicyclic amines) is 1. The molecule has 9 heteroatoms. The van der Waals surface area contributed by atoms with E-state index in [0.717, 1.165) is 25.5 Å². The maximum Gasteiger partial charge on any atom is 0.416 e. The predicted octanol–water partition coefficient (Wildman–Crippen LogP) is 4.41. The minimum atomic E-state index is -4.60. The number of ether oxygens (including phenoxy) is 2. The number of carbonyl (C=O) groups is 2. The zero-order chi connectivity index (χ0) is 25.3. The second kappa shape index (κ2) is 9.89. The number of anilines is 1. The van der Waals surface area contributed by atoms with E-state index in [1.165, 1.54) is 25.0 Å². The number of esters is 1. The lowest BCUT2D eigenvalue weighted by Gasteiger charge is -2.32. The molecule has 35 heavy (non-hydrogen) atoms. The number of benzene rings is 2. The number of alkyl halides is 3. The molecule has 0 spiro atoms. The van der Waals surface area contributed by atoms with Crippen molar-refractivity contribution in [3.05, 3.63) is 59.2 Å². The number of amides is 1. The molecule has 0 unspecified atom stereocenters. The molecule has 2 aliphatic rings. The highest BCUT2D eigenvalue weighted by atomic mass is 19.4. The summed E-state index contributed by atoms with van der Waals surface area (Å²) in [6, 6.07) is 10.7. The van der Waals surface area contributed by atoms with E-state index < -0.39 is 35.6 Å². The van der Waals surface area contributed by atoms with Gasteiger partial charge in [-0.2, -0.15) is 13.2 Å². The lowest BCUT2D eigenvalue weighted by Crippen LogP contribution is -2.48. The van der Waals surface area contributed by atoms with Crippen molar-refractivity contribution in [1.82, 2.24) is 4.90 Å². The van der Waals surface area contributed by atoms with E-state index in [4.69, 9.17) is 9.47 Å². The molecule has 2 aromatic rings. The van der Waals surface area contributed by atoms with Gasteiger partial charge in [-0.15, -0.1) is 0 Å². The predicted molar refractivity (Wildman–Crippen MR) is 124 cm³/mol. The molecular weight excluding hydrogens is 461 g/mol. The highest BCUT2D eigenvalue weighted by Crippen LogP contribution is 2.43. The van der Waals surface area contributed by atoms with Gasteiger partial charge in [-0.05, 0) is 68.2 Å². The molecule has 2 heterocycles. The number of methoxy groups -OCH3 is 1. The van der Waals surface area contributed by atoms with Gasteiger partial charge in [0.15, 0.2) is 6.10 Å². The Morgan fingerprint density at radius 3 is 2.43 bits per heavy atom. The van der Waals surface area contributed by atoms with Crippen LogP contribution in [-0.2, 0) is 26.9 Å². The fourth-order valence-corrected chi connectivity index (χ4v) is 5.14. The molecule has 3 atom stereocenters. The molecule has 0 N–H and O–H groups in total. The summed E-state index contributed by atoms with van der Waals surface area (Å²) >= 11 is 0. The van der Waals surface area contributed by atoms with E-state index in [1.54, 1.807) is 30.3 Å². The molecule has 0 bridgehead atoms. The van der Waals surface area contributed by atoms with Crippen LogP contribution in [0, 0.1) is 0 Å². The Hall–Kier alpha value is -3.07. The number of nitrogens with zero attached hydrogens (tertiary/aromatic N) is 2. The van der Waals surface area contributed by atoms with Gasteiger partial charge in [0.25, 0.3) is 5.91 Å². The van der Waals surface area contributed by atoms with Gasteiger partial charge in [0.1, 0.15) is 5.75 Å². The van der Waals surface area contributed by atoms with Gasteiger partial charge in [0.05, 0.1) is 12.7 Å². The fraction of sp³-hybridized carbons (Fsp3) is 0.462. The zero-order valence-corrected chi connectivity index (χ0v) is 20.0. The smallest absolute Gasteiger partial charge is 0.416 e. The number of likely N-dealkylation sites (N-methyl/N-ethyl adjacent to an activating group) is 1. The molecule has 1 fully saturated rings. The van der Waals surface area contributed by atoms with E-state index >= 15 is 0 Å². The quantitative estimate of drug-likeness (QED) is 0.581. The first-order valence-corrected chi connectivity index (χ1v) is 11.6. The standard InChI is InChI=1S/C26H29F3N2O4/c1-16(32)35-24-20(17-9-11-19(34-3)12-10-17)14-21-22(26(27,28)29)7-4-8-23(21)31(25(24)33)15-18-6-5-13-30(18)2/h4,7-12,18,20,24H,5-6,13-15H2,1-3H3/t18-,20+,24-/m1/s1. The molecule has 0 saturated carbocycles. The number of hydrogen-bond donors (Lipinski definition) is 0. The van der Waals surface area contributed by atoms with Crippen molar-refractivity contribution in [1.29, 1.82) is 0 Å². The van der Waals surface area contributed by atoms with E-state index in [0.29, 0.717) is 11.3 Å². The third kappa shape index (κ3) is 5.15. The largest absolute Gasteiger partial charge is 0.497 e. The SMILES string of the molecule is COc1ccc([C@@H]2Cc3c(cccc3C(F)(F)F)N(C[C@H]3CCCN3C)C(=O)[C@@H]2OC(C)=O)cc1. The number of rotatable bonds is 5. The summed E-state index contributed by atoms with van der Waals surface area (Å²) in [6.07, 6.45) is -4.20. The van der Waals surface area contributed by atoms with Crippen LogP contribution in [0.25, 0.3) is 0 Å². The van der Waals surface area contributed by atoms with Crippen molar-refractivity contribution in [2.75, 3.05) is 32.1 Å². The normalized spacial score (nSPS) is 23.1. The Bertz CT molecular complexity index is 1090. The van der Waals surface area contributed by atoms with Crippen LogP contribution in [0.1, 0.15) is 42.4 Å². The lowest BCUT2D eigenvalue weighted by atomic mass is 9.86. The van der Waals surface area contributed by atoms with E-state index in [-0.39, 0.29) is 30.3 Å². The number of fused-ring (bicyclic) bond motifs is 1. The Kier molecular flexibility index (Phi) is 7.07. The number of carbonyl (C=O) groups excluding carboxylic acids is 2. The second-order valence-electron chi connectivity index (χ2n) is 9.14. The molecular formula is C26H29F3N2O4. The summed E-state index contributed by atoms with van der Waals surface area (Å²) in [5.74, 6) is -1.41. The molecule has 4 rings (SSSR count). The monoisotopic (exact) mass is 490 g/mol. The molecule has 1 amide bonds. The van der Waals surface area contributed by atoms with Gasteiger partial charge < -0.3 is 19.3 Å². The Labute approximate surface area is 202 Å². The topological polar surface area (TPSA) is 59.1 Å². The van der Waals surface area contributed by atoms with Gasteiger partial charge >= 0.3 is 12.1 Å². The molecule has 188 valence electrons. The van der Waals surface area contributed by atoms with E-state index in [9.17, 15) is 22.8 Å². The van der Waals surface area contributed by atoms with Crippen LogP contribution < -0.4 is 9.64 Å². The van der Waals surface area contributed by atoms with Crippen LogP contribution in [0.3, 0.4) is 0 Å². The summed E-state index contributed by atoms with van der Waals surface area (Å²) < 4.78 is 53.1. The van der Waals surface area contributed by atoms with E-state index in [2.05, 4.69) is 4.90 Å². The zero-order valence-electron chi connectivity index (χ0n) is 20.0. The first-order valence-electron chi connectivity index (χ1n) is 11.6. The van der Waals surface area contributed by atoms with Gasteiger partial charge in [0.2, 0.25) is 0 Å². The minimum absolute atomic E-state index is 0.00291. The highest BCUT2D eigenvalue weighted by Gasteiger charge is 2.44. The van der Waals surface area contributed by atoms with Crippen molar-refractivity contribution in [2.45, 2.75) is 50.4 Å². The maximum absolute atomic E-state index is 14.1. The van der Waals surface area contributed by atoms with Crippen molar-refractivity contribution < 1.29 is 32.2 Å². The molecule has 6 nitrogen and oxygen atoms in total. The summed E-state index contributed by atoms with van der Waals surface area (Å²) in [5, 5.41) is 0. The Morgan fingerprint density at radius 1 is 1.14 bits per heavy atom. The summed E-state index contributed by atoms with van der Waals surface area (Å²) in [6.45, 7) is 2.27. The van der Waals surface area contributed by atoms with Crippen LogP contribution in [-0.4, -0.2) is 56.2 Å². The molecule has 1 saturated heterocycles. The minimum Gasteiger partial charge on any atom is -0.497 e. The van der Waals surface area contributed by atoms with Gasteiger partial charge in [0, 0.05) is 31.1 Å². The van der Waals surface area contributed by atoms with Gasteiger partial charge in [-0.3, -0.25) is 9.59 Å². The third-order valence-electron chi connectivity index (χ3n) is 6.95. The summed E-state index contributed by atoms with van der Waals surface area (Å²) in [7, 11) is 3.45. The second-order valence-corrected chi connectivity index (χ2v) is 9.14. The Balaban J connectivity index is 1.87. The van der Waals surface area contributed by atoms with Crippen LogP contribution in [0.5, 0.6) is 5.75 Å². The van der Waals surface area contributed by atoms with E-state index in [1.807, 2.05) is 7.05 Å². The van der Waals surface area contributed by atoms with Crippen LogP contribution in [0.4, 0.5) is 18.9 Å². The Morgan fingerprint density at radius 2 is 1.86 bits per heavy atom. The first kappa shape index (κ1) is 25.0. The number of halogens is 3. The average Bonchev–Trinajstić information content (AvgIpc) is 3.18. The van der Waals surface area contributed by atoms with Gasteiger partial charge in [-0.1, -0.05) is 18.2 Å². The molecule has 0 aromatic heterocycles. The molecule has 0 radical (unpaired) electrons. The fourth-order valence-electron chi connectivity index (χ4n) is 5.14. The summed E-state index contributed by atoms with van der Waals surface area (Å²) in [4.78, 5) is 29.5. The maximum atomic E-state index is 14.1. The van der Waals surface area contributed by atoms with Crippen molar-refractivity contribution in [2.24, 2.45) is 0 Å². The van der Waals surface area contributed by atoms with Crippen LogP contribution in [0.2, 0.25) is 0 Å². The molecule has 2 aliphatic heterocycles. The lowest BCUT2D eigenvalue weighted by molar-refractivity contribution is -0.154. The van der Waals surface area contributed by atoms with Crippen LogP contribution >= 0.6 is 0 Å². The van der Waals surface area contributed by atoms with Crippen molar-refractivity contribution in [3.63, 3.8) is 0 Å². The average molecular weight is 491 g/mol. The summed E-state index contributed by atoms with van der Waals surface area (Å²) in [5.41, 5.74) is 0.0606. The number of hydrogen-bond acceptors (Lipinski definition) is 5. The molecule has 0 aliphatic carbocycles. The highest BCUT2D eigenvalue weighted by molar-refractivity contribution is 6.00. The first-order chi connectivity index (χ1) is 16.6. The van der Waals surface area contributed by atoms with Gasteiger partial charge in [-0.25, -0.2) is 0 Å². The molecule has 2 aromatic carbocycles. The van der Waals surface area contributed by atoms with Crippen LogP contribution in [0.15, 0.2) is 42.5 Å². The van der Waals surface area contributed by atoms with Crippen molar-refractivity contribution >= 4 is 17.6 Å². The van der Waals surface area contributed by atoms with Crippen molar-refractivity contribution in [3.8, 4) is 5.75 Å². The third-order valence-corrected chi connectivity index (χ3v) is 6.95.